The van der Waals surface area contributed by atoms with E-state index >= 15 is 0 Å². The molecule has 1 aromatic rings. The van der Waals surface area contributed by atoms with E-state index in [4.69, 9.17) is 4.42 Å². The number of carbonyl (C=O) groups is 2. The molecular weight excluding hydrogens is 234 g/mol. The van der Waals surface area contributed by atoms with Crippen molar-refractivity contribution >= 4 is 11.9 Å². The molecule has 18 heavy (non-hydrogen) atoms. The Morgan fingerprint density at radius 3 is 2.39 bits per heavy atom. The van der Waals surface area contributed by atoms with E-state index in [9.17, 15) is 14.7 Å². The number of hydrogen-bond acceptors (Lipinski definition) is 3. The molecule has 1 aliphatic rings. The summed E-state index contributed by atoms with van der Waals surface area (Å²) >= 11 is 0. The molecule has 1 aliphatic carbocycles. The topological polar surface area (TPSA) is 79.5 Å². The molecule has 1 heterocycles. The molecular formula is C13H17NO4. The van der Waals surface area contributed by atoms with E-state index in [1.165, 1.54) is 18.6 Å². The predicted molar refractivity (Wildman–Crippen MR) is 64.2 cm³/mol. The fourth-order valence-electron chi connectivity index (χ4n) is 2.41. The average Bonchev–Trinajstić information content (AvgIpc) is 2.77. The molecule has 0 saturated heterocycles. The summed E-state index contributed by atoms with van der Waals surface area (Å²) in [7, 11) is 0. The first-order chi connectivity index (χ1) is 8.64. The first-order valence-corrected chi connectivity index (χ1v) is 6.22. The zero-order valence-electron chi connectivity index (χ0n) is 10.1. The Balaban J connectivity index is 2.15. The number of amides is 1. The van der Waals surface area contributed by atoms with Gasteiger partial charge in [0.1, 0.15) is 11.8 Å². The third-order valence-corrected chi connectivity index (χ3v) is 3.50. The highest BCUT2D eigenvalue weighted by Crippen LogP contribution is 2.27. The monoisotopic (exact) mass is 251 g/mol. The molecule has 2 rings (SSSR count). The molecule has 0 aliphatic heterocycles. The second-order valence-electron chi connectivity index (χ2n) is 4.77. The van der Waals surface area contributed by atoms with Crippen molar-refractivity contribution in [2.45, 2.75) is 44.1 Å². The summed E-state index contributed by atoms with van der Waals surface area (Å²) in [5.41, 5.74) is -0.759. The van der Waals surface area contributed by atoms with Crippen LogP contribution in [0.25, 0.3) is 0 Å². The van der Waals surface area contributed by atoms with Crippen LogP contribution in [0.3, 0.4) is 0 Å². The van der Waals surface area contributed by atoms with Crippen molar-refractivity contribution in [1.29, 1.82) is 0 Å². The van der Waals surface area contributed by atoms with Crippen LogP contribution in [0.4, 0.5) is 0 Å². The van der Waals surface area contributed by atoms with Crippen LogP contribution in [-0.4, -0.2) is 22.5 Å². The summed E-state index contributed by atoms with van der Waals surface area (Å²) < 4.78 is 4.83. The second kappa shape index (κ2) is 5.25. The van der Waals surface area contributed by atoms with E-state index in [1.54, 1.807) is 0 Å². The van der Waals surface area contributed by atoms with Gasteiger partial charge in [0.05, 0.1) is 11.8 Å². The SMILES string of the molecule is O=C(NC1(C(=O)O)CCCCCC1)c1ccoc1. The number of carbonyl (C=O) groups excluding carboxylic acids is 1. The highest BCUT2D eigenvalue weighted by atomic mass is 16.4. The lowest BCUT2D eigenvalue weighted by Gasteiger charge is -2.29. The van der Waals surface area contributed by atoms with Crippen LogP contribution in [0.5, 0.6) is 0 Å². The third kappa shape index (κ3) is 2.55. The lowest BCUT2D eigenvalue weighted by atomic mass is 9.90. The van der Waals surface area contributed by atoms with Gasteiger partial charge in [-0.15, -0.1) is 0 Å². The van der Waals surface area contributed by atoms with Crippen LogP contribution in [0.15, 0.2) is 23.0 Å². The minimum atomic E-state index is -1.12. The molecule has 1 fully saturated rings. The van der Waals surface area contributed by atoms with Gasteiger partial charge in [-0.05, 0) is 18.9 Å². The average molecular weight is 251 g/mol. The van der Waals surface area contributed by atoms with Crippen molar-refractivity contribution in [3.63, 3.8) is 0 Å². The molecule has 5 heteroatoms. The number of carboxylic acid groups (broad SMARTS) is 1. The highest BCUT2D eigenvalue weighted by molar-refractivity contribution is 5.97. The van der Waals surface area contributed by atoms with E-state index in [2.05, 4.69) is 5.32 Å². The lowest BCUT2D eigenvalue weighted by molar-refractivity contribution is -0.145. The van der Waals surface area contributed by atoms with Crippen LogP contribution in [-0.2, 0) is 4.79 Å². The van der Waals surface area contributed by atoms with E-state index in [1.807, 2.05) is 0 Å². The molecule has 0 unspecified atom stereocenters. The van der Waals surface area contributed by atoms with Crippen LogP contribution in [0, 0.1) is 0 Å². The minimum absolute atomic E-state index is 0.361. The molecule has 98 valence electrons. The Labute approximate surface area is 105 Å². The Kier molecular flexibility index (Phi) is 3.69. The maximum absolute atomic E-state index is 12.0. The molecule has 5 nitrogen and oxygen atoms in total. The number of hydrogen-bond donors (Lipinski definition) is 2. The second-order valence-corrected chi connectivity index (χ2v) is 4.77. The van der Waals surface area contributed by atoms with Crippen LogP contribution in [0.2, 0.25) is 0 Å². The van der Waals surface area contributed by atoms with Gasteiger partial charge in [-0.3, -0.25) is 4.79 Å². The van der Waals surface area contributed by atoms with Crippen LogP contribution < -0.4 is 5.32 Å². The third-order valence-electron chi connectivity index (χ3n) is 3.50. The lowest BCUT2D eigenvalue weighted by Crippen LogP contribution is -2.54. The molecule has 1 aromatic heterocycles. The van der Waals surface area contributed by atoms with Gasteiger partial charge in [0.25, 0.3) is 5.91 Å². The van der Waals surface area contributed by atoms with E-state index in [0.29, 0.717) is 18.4 Å². The van der Waals surface area contributed by atoms with Crippen molar-refractivity contribution in [3.05, 3.63) is 24.2 Å². The van der Waals surface area contributed by atoms with E-state index in [-0.39, 0.29) is 5.91 Å². The molecule has 0 aromatic carbocycles. The highest BCUT2D eigenvalue weighted by Gasteiger charge is 2.40. The number of furan rings is 1. The van der Waals surface area contributed by atoms with Crippen molar-refractivity contribution in [2.24, 2.45) is 0 Å². The van der Waals surface area contributed by atoms with Crippen LogP contribution >= 0.6 is 0 Å². The Morgan fingerprint density at radius 2 is 1.89 bits per heavy atom. The molecule has 0 atom stereocenters. The van der Waals surface area contributed by atoms with Gasteiger partial charge >= 0.3 is 5.97 Å². The molecule has 1 saturated carbocycles. The maximum atomic E-state index is 12.0. The molecule has 0 radical (unpaired) electrons. The Hall–Kier alpha value is -1.78. The largest absolute Gasteiger partial charge is 0.480 e. The summed E-state index contributed by atoms with van der Waals surface area (Å²) in [5, 5.41) is 12.1. The normalized spacial score (nSPS) is 18.9. The van der Waals surface area contributed by atoms with Gasteiger partial charge in [-0.2, -0.15) is 0 Å². The summed E-state index contributed by atoms with van der Waals surface area (Å²) in [6.07, 6.45) is 7.41. The fraction of sp³-hybridized carbons (Fsp3) is 0.538. The predicted octanol–water partition coefficient (Wildman–Crippen LogP) is 2.19. The van der Waals surface area contributed by atoms with Crippen molar-refractivity contribution in [3.8, 4) is 0 Å². The summed E-state index contributed by atoms with van der Waals surface area (Å²) in [6, 6.07) is 1.53. The first-order valence-electron chi connectivity index (χ1n) is 6.22. The molecule has 0 bridgehead atoms. The van der Waals surface area contributed by atoms with Crippen molar-refractivity contribution < 1.29 is 19.1 Å². The summed E-state index contributed by atoms with van der Waals surface area (Å²) in [4.78, 5) is 23.5. The van der Waals surface area contributed by atoms with Gasteiger partial charge in [-0.25, -0.2) is 4.79 Å². The van der Waals surface area contributed by atoms with Crippen molar-refractivity contribution in [1.82, 2.24) is 5.32 Å². The smallest absolute Gasteiger partial charge is 0.329 e. The van der Waals surface area contributed by atoms with Gasteiger partial charge in [0.2, 0.25) is 0 Å². The number of carboxylic acids is 1. The van der Waals surface area contributed by atoms with E-state index < -0.39 is 11.5 Å². The molecule has 0 spiro atoms. The Bertz CT molecular complexity index is 416. The molecule has 2 N–H and O–H groups in total. The van der Waals surface area contributed by atoms with Gasteiger partial charge < -0.3 is 14.8 Å². The quantitative estimate of drug-likeness (QED) is 0.807. The number of rotatable bonds is 3. The van der Waals surface area contributed by atoms with Gasteiger partial charge in [0.15, 0.2) is 0 Å². The van der Waals surface area contributed by atoms with Gasteiger partial charge in [0, 0.05) is 0 Å². The zero-order valence-corrected chi connectivity index (χ0v) is 10.1. The Morgan fingerprint density at radius 1 is 1.22 bits per heavy atom. The van der Waals surface area contributed by atoms with E-state index in [0.717, 1.165) is 25.7 Å². The molecule has 1 amide bonds. The summed E-state index contributed by atoms with van der Waals surface area (Å²) in [6.45, 7) is 0. The number of nitrogens with one attached hydrogen (secondary N) is 1. The van der Waals surface area contributed by atoms with Crippen molar-refractivity contribution in [2.75, 3.05) is 0 Å². The summed E-state index contributed by atoms with van der Waals surface area (Å²) in [5.74, 6) is -1.32. The fourth-order valence-corrected chi connectivity index (χ4v) is 2.41. The first kappa shape index (κ1) is 12.7. The maximum Gasteiger partial charge on any atom is 0.329 e. The standard InChI is InChI=1S/C13H17NO4/c15-11(10-5-8-18-9-10)14-13(12(16)17)6-3-1-2-4-7-13/h5,8-9H,1-4,6-7H2,(H,14,15)(H,16,17). The zero-order chi connectivity index (χ0) is 13.0. The van der Waals surface area contributed by atoms with Gasteiger partial charge in [-0.1, -0.05) is 25.7 Å². The minimum Gasteiger partial charge on any atom is -0.480 e. The number of aliphatic carboxylic acids is 1. The van der Waals surface area contributed by atoms with Crippen LogP contribution in [0.1, 0.15) is 48.9 Å².